The van der Waals surface area contributed by atoms with Gasteiger partial charge in [0, 0.05) is 105 Å². The van der Waals surface area contributed by atoms with Gasteiger partial charge in [0.2, 0.25) is 0 Å². The van der Waals surface area contributed by atoms with Crippen LogP contribution in [0, 0.1) is 0 Å². The molecule has 19 nitrogen and oxygen atoms in total. The molecule has 0 aliphatic carbocycles. The fraction of sp³-hybridized carbons (Fsp3) is 0.0800. The number of amides is 4. The van der Waals surface area contributed by atoms with Crippen LogP contribution < -0.4 is 44.2 Å². The summed E-state index contributed by atoms with van der Waals surface area (Å²) in [5.74, 6) is -0.580. The van der Waals surface area contributed by atoms with Crippen molar-refractivity contribution in [1.29, 1.82) is 0 Å². The zero-order valence-corrected chi connectivity index (χ0v) is 39.5. The highest BCUT2D eigenvalue weighted by atomic mass is 79.9. The second kappa shape index (κ2) is 23.4. The van der Waals surface area contributed by atoms with Gasteiger partial charge in [-0.15, -0.1) is 0 Å². The number of ether oxygens (including phenoxy) is 1. The lowest BCUT2D eigenvalue weighted by atomic mass is 10.0. The molecule has 0 bridgehead atoms. The lowest BCUT2D eigenvalue weighted by molar-refractivity contribution is 0.0635. The van der Waals surface area contributed by atoms with E-state index in [-0.39, 0.29) is 34.8 Å². The number of hydrogen-bond acceptors (Lipinski definition) is 15. The minimum absolute atomic E-state index is 0.0999. The number of para-hydroxylation sites is 2. The largest absolute Gasteiger partial charge is 0.444 e. The number of aromatic nitrogens is 6. The van der Waals surface area contributed by atoms with Gasteiger partial charge in [-0.3, -0.25) is 34.7 Å². The Kier molecular flexibility index (Phi) is 16.8. The van der Waals surface area contributed by atoms with Crippen molar-refractivity contribution in [3.63, 3.8) is 0 Å². The number of rotatable bonds is 9. The van der Waals surface area contributed by atoms with Crippen molar-refractivity contribution in [2.75, 3.05) is 44.2 Å². The summed E-state index contributed by atoms with van der Waals surface area (Å²) in [7, 11) is 0. The van der Waals surface area contributed by atoms with Crippen LogP contribution in [0.15, 0.2) is 163 Å². The Morgan fingerprint density at radius 2 is 0.886 bits per heavy atom. The van der Waals surface area contributed by atoms with Crippen LogP contribution >= 0.6 is 15.9 Å². The van der Waals surface area contributed by atoms with Crippen LogP contribution in [0.2, 0.25) is 0 Å². The predicted molar refractivity (Wildman–Crippen MR) is 275 cm³/mol. The molecule has 0 saturated carbocycles. The molecule has 8 aromatic rings. The highest BCUT2D eigenvalue weighted by Crippen LogP contribution is 2.31. The molecule has 4 amide bonds. The van der Waals surface area contributed by atoms with E-state index < -0.39 is 17.6 Å². The highest BCUT2D eigenvalue weighted by molar-refractivity contribution is 9.10. The third-order valence-corrected chi connectivity index (χ3v) is 9.85. The van der Waals surface area contributed by atoms with E-state index in [0.717, 1.165) is 11.1 Å². The van der Waals surface area contributed by atoms with Gasteiger partial charge in [0.15, 0.2) is 0 Å². The van der Waals surface area contributed by atoms with Crippen LogP contribution in [0.5, 0.6) is 0 Å². The molecule has 354 valence electrons. The van der Waals surface area contributed by atoms with Crippen molar-refractivity contribution >= 4 is 85.6 Å². The van der Waals surface area contributed by atoms with Crippen LogP contribution in [-0.4, -0.2) is 59.3 Å². The Morgan fingerprint density at radius 1 is 0.500 bits per heavy atom. The molecule has 2 aromatic carbocycles. The zero-order chi connectivity index (χ0) is 50.2. The van der Waals surface area contributed by atoms with E-state index in [1.807, 2.05) is 30.3 Å². The molecule has 6 heterocycles. The second-order valence-corrected chi connectivity index (χ2v) is 16.6. The molecule has 0 atom stereocenters. The minimum atomic E-state index is -0.625. The molecule has 0 saturated heterocycles. The van der Waals surface area contributed by atoms with E-state index >= 15 is 0 Å². The number of hydrogen-bond donors (Lipinski definition) is 8. The molecule has 0 radical (unpaired) electrons. The van der Waals surface area contributed by atoms with Crippen LogP contribution in [0.1, 0.15) is 51.8 Å². The van der Waals surface area contributed by atoms with E-state index in [1.54, 1.807) is 149 Å². The molecule has 0 spiro atoms. The van der Waals surface area contributed by atoms with Gasteiger partial charge in [0.1, 0.15) is 23.1 Å². The average Bonchev–Trinajstić information content (AvgIpc) is 3.34. The van der Waals surface area contributed by atoms with Gasteiger partial charge in [-0.1, -0.05) is 36.4 Å². The number of pyridine rings is 6. The van der Waals surface area contributed by atoms with E-state index in [9.17, 15) is 19.2 Å². The van der Waals surface area contributed by atoms with E-state index in [2.05, 4.69) is 67.1 Å². The van der Waals surface area contributed by atoms with Crippen molar-refractivity contribution in [2.24, 2.45) is 0 Å². The average molecular weight is 1000 g/mol. The van der Waals surface area contributed by atoms with Crippen molar-refractivity contribution in [1.82, 2.24) is 29.9 Å². The van der Waals surface area contributed by atoms with Gasteiger partial charge in [0.25, 0.3) is 17.7 Å². The summed E-state index contributed by atoms with van der Waals surface area (Å²) in [6.45, 7) is 5.36. The number of anilines is 8. The molecule has 0 aliphatic heterocycles. The normalized spacial score (nSPS) is 10.5. The van der Waals surface area contributed by atoms with Crippen LogP contribution in [0.25, 0.3) is 22.3 Å². The van der Waals surface area contributed by atoms with Gasteiger partial charge >= 0.3 is 6.09 Å². The van der Waals surface area contributed by atoms with Gasteiger partial charge in [-0.25, -0.2) is 19.7 Å². The summed E-state index contributed by atoms with van der Waals surface area (Å²) in [6, 6.07) is 29.6. The van der Waals surface area contributed by atoms with E-state index in [0.29, 0.717) is 55.2 Å². The molecule has 20 heteroatoms. The van der Waals surface area contributed by atoms with Crippen molar-refractivity contribution in [3.05, 3.63) is 180 Å². The Bertz CT molecular complexity index is 3110. The first-order valence-corrected chi connectivity index (χ1v) is 21.8. The number of carbonyl (C=O) groups excluding carboxylic acids is 4. The minimum Gasteiger partial charge on any atom is -0.444 e. The van der Waals surface area contributed by atoms with Gasteiger partial charge < -0.3 is 43.6 Å². The standard InChI is InChI=1S/C22H23N5O3.C17H15N5O.C11H9BrN4O/c1-22(2,3)30-21(29)27-18-7-5-4-6-16(18)14-12-17(19(23)25-13-14)20(28)26-15-8-10-24-11-9-15;18-15-4-2-1-3-13(15)11-9-14(16(19)21-10-11)17(23)22-12-5-7-20-8-6-12;12-7-5-9(10(13)15-6-7)11(17)16-8-1-3-14-4-2-8/h4-13H,1-3H3,(H2,23,25)(H,27,29)(H,24,26,28);1-10H,18H2,(H2,19,21)(H,20,22,23);1-6H,(H2,13,15)(H,14,16,17). The Balaban J connectivity index is 0.000000179. The summed E-state index contributed by atoms with van der Waals surface area (Å²) in [4.78, 5) is 73.1. The topological polar surface area (TPSA) is 307 Å². The third-order valence-electron chi connectivity index (χ3n) is 9.42. The molecule has 0 fully saturated rings. The third kappa shape index (κ3) is 14.3. The van der Waals surface area contributed by atoms with Gasteiger partial charge in [0.05, 0.1) is 22.4 Å². The van der Waals surface area contributed by atoms with Gasteiger partial charge in [-0.05, 0) is 103 Å². The molecule has 8 rings (SSSR count). The summed E-state index contributed by atoms with van der Waals surface area (Å²) < 4.78 is 6.03. The Morgan fingerprint density at radius 3 is 1.33 bits per heavy atom. The van der Waals surface area contributed by atoms with Gasteiger partial charge in [-0.2, -0.15) is 0 Å². The maximum absolute atomic E-state index is 12.7. The maximum Gasteiger partial charge on any atom is 0.412 e. The number of nitrogens with one attached hydrogen (secondary N) is 4. The monoisotopic (exact) mass is 1000 g/mol. The molecule has 0 aliphatic rings. The summed E-state index contributed by atoms with van der Waals surface area (Å²) in [6.07, 6.45) is 13.6. The number of benzene rings is 2. The zero-order valence-electron chi connectivity index (χ0n) is 37.9. The molecular formula is C50H47BrN14O5. The quantitative estimate of drug-likeness (QED) is 0.0626. The Hall–Kier alpha value is -9.30. The van der Waals surface area contributed by atoms with Crippen molar-refractivity contribution < 1.29 is 23.9 Å². The van der Waals surface area contributed by atoms with E-state index in [1.165, 1.54) is 0 Å². The summed E-state index contributed by atoms with van der Waals surface area (Å²) in [5, 5.41) is 11.0. The molecule has 70 heavy (non-hydrogen) atoms. The fourth-order valence-corrected chi connectivity index (χ4v) is 6.49. The maximum atomic E-state index is 12.7. The SMILES string of the molecule is CC(C)(C)OC(=O)Nc1ccccc1-c1cnc(N)c(C(=O)Nc2ccncc2)c1.Nc1ccccc1-c1cnc(N)c(C(=O)Nc2ccncc2)c1.Nc1ncc(Br)cc1C(=O)Nc1ccncc1. The number of nitrogens with two attached hydrogens (primary N) is 4. The molecular weight excluding hydrogens is 957 g/mol. The molecule has 0 unspecified atom stereocenters. The highest BCUT2D eigenvalue weighted by Gasteiger charge is 2.20. The number of nitrogens with zero attached hydrogens (tertiary/aromatic N) is 6. The second-order valence-electron chi connectivity index (χ2n) is 15.7. The first-order valence-electron chi connectivity index (χ1n) is 21.0. The summed E-state index contributed by atoms with van der Waals surface area (Å²) >= 11 is 3.24. The summed E-state index contributed by atoms with van der Waals surface area (Å²) in [5.41, 5.74) is 29.5. The number of carbonyl (C=O) groups is 4. The lowest BCUT2D eigenvalue weighted by Gasteiger charge is -2.20. The van der Waals surface area contributed by atoms with Crippen molar-refractivity contribution in [3.8, 4) is 22.3 Å². The fourth-order valence-electron chi connectivity index (χ4n) is 6.16. The Labute approximate surface area is 410 Å². The first kappa shape index (κ1) is 50.1. The number of halogens is 1. The smallest absolute Gasteiger partial charge is 0.412 e. The lowest BCUT2D eigenvalue weighted by Crippen LogP contribution is -2.27. The molecule has 12 N–H and O–H groups in total. The first-order chi connectivity index (χ1) is 33.5. The van der Waals surface area contributed by atoms with Crippen molar-refractivity contribution in [2.45, 2.75) is 26.4 Å². The number of nitrogen functional groups attached to an aromatic ring is 4. The predicted octanol–water partition coefficient (Wildman–Crippen LogP) is 8.96. The van der Waals surface area contributed by atoms with Crippen LogP contribution in [0.4, 0.5) is 50.7 Å². The van der Waals surface area contributed by atoms with Crippen LogP contribution in [0.3, 0.4) is 0 Å². The molecule has 6 aromatic heterocycles. The van der Waals surface area contributed by atoms with Crippen LogP contribution in [-0.2, 0) is 4.74 Å². The van der Waals surface area contributed by atoms with E-state index in [4.69, 9.17) is 27.7 Å².